The molecule has 4 nitrogen and oxygen atoms in total. The van der Waals surface area contributed by atoms with E-state index in [0.717, 1.165) is 0 Å². The zero-order valence-corrected chi connectivity index (χ0v) is 7.61. The summed E-state index contributed by atoms with van der Waals surface area (Å²) in [5, 5.41) is 31.7. The molecule has 0 aliphatic rings. The van der Waals surface area contributed by atoms with E-state index in [0.29, 0.717) is 6.42 Å². The van der Waals surface area contributed by atoms with Crippen molar-refractivity contribution in [2.75, 3.05) is 19.8 Å². The third-order valence-corrected chi connectivity index (χ3v) is 0.647. The van der Waals surface area contributed by atoms with Crippen molar-refractivity contribution in [2.45, 2.75) is 19.4 Å². The molecule has 12 heavy (non-hydrogen) atoms. The normalized spacial score (nSPS) is 10.1. The Morgan fingerprint density at radius 1 is 1.00 bits per heavy atom. The molecule has 1 unspecified atom stereocenters. The van der Waals surface area contributed by atoms with Gasteiger partial charge in [-0.1, -0.05) is 0 Å². The molecule has 0 aromatic carbocycles. The zero-order chi connectivity index (χ0) is 10.4. The van der Waals surface area contributed by atoms with Crippen molar-refractivity contribution in [1.82, 2.24) is 0 Å². The summed E-state index contributed by atoms with van der Waals surface area (Å²) in [5.74, 6) is 0. The molecule has 0 spiro atoms. The first-order valence-corrected chi connectivity index (χ1v) is 3.69. The molecule has 0 aliphatic carbocycles. The summed E-state index contributed by atoms with van der Waals surface area (Å²) in [4.78, 5) is 0. The van der Waals surface area contributed by atoms with Crippen LogP contribution in [0.3, 0.4) is 0 Å². The second kappa shape index (κ2) is 22.4. The van der Waals surface area contributed by atoms with Crippen LogP contribution in [0.4, 0.5) is 0 Å². The second-order valence-corrected chi connectivity index (χ2v) is 1.81. The molecule has 0 amide bonds. The number of rotatable bonds is 3. The van der Waals surface area contributed by atoms with Crippen LogP contribution in [0.5, 0.6) is 0 Å². The van der Waals surface area contributed by atoms with Gasteiger partial charge in [0, 0.05) is 6.61 Å². The van der Waals surface area contributed by atoms with Gasteiger partial charge < -0.3 is 20.4 Å². The van der Waals surface area contributed by atoms with Crippen molar-refractivity contribution in [3.8, 4) is 0 Å². The average molecular weight is 180 g/mol. The number of aliphatic hydroxyl groups excluding tert-OH is 4. The summed E-state index contributed by atoms with van der Waals surface area (Å²) < 4.78 is 0. The third kappa shape index (κ3) is 55.0. The maximum atomic E-state index is 8.39. The van der Waals surface area contributed by atoms with E-state index in [-0.39, 0.29) is 25.9 Å². The lowest BCUT2D eigenvalue weighted by atomic mass is 10.3. The van der Waals surface area contributed by atoms with Gasteiger partial charge >= 0.3 is 0 Å². The molecule has 0 aromatic rings. The van der Waals surface area contributed by atoms with Crippen LogP contribution in [0.2, 0.25) is 0 Å². The van der Waals surface area contributed by atoms with Gasteiger partial charge in [-0.05, 0) is 13.3 Å². The van der Waals surface area contributed by atoms with Gasteiger partial charge in [-0.15, -0.1) is 13.2 Å². The Hall–Kier alpha value is -0.420. The highest BCUT2D eigenvalue weighted by Crippen LogP contribution is 1.83. The quantitative estimate of drug-likeness (QED) is 0.442. The molecule has 76 valence electrons. The van der Waals surface area contributed by atoms with E-state index in [1.54, 1.807) is 6.92 Å². The van der Waals surface area contributed by atoms with Gasteiger partial charge in [0.15, 0.2) is 0 Å². The second-order valence-electron chi connectivity index (χ2n) is 1.81. The van der Waals surface area contributed by atoms with E-state index in [4.69, 9.17) is 20.4 Å². The first kappa shape index (κ1) is 17.6. The van der Waals surface area contributed by atoms with Crippen LogP contribution in [-0.4, -0.2) is 46.4 Å². The SMILES string of the molecule is C=C.CC(O)CCO.OCCO. The molecule has 0 radical (unpaired) electrons. The Labute approximate surface area is 73.8 Å². The molecule has 1 atom stereocenters. The molecule has 0 aromatic heterocycles. The Balaban J connectivity index is -0.000000118. The molecule has 0 aliphatic heterocycles. The van der Waals surface area contributed by atoms with E-state index in [1.807, 2.05) is 0 Å². The minimum absolute atomic E-state index is 0.0810. The van der Waals surface area contributed by atoms with Crippen molar-refractivity contribution in [1.29, 1.82) is 0 Å². The zero-order valence-electron chi connectivity index (χ0n) is 7.61. The molecule has 0 rings (SSSR count). The van der Waals surface area contributed by atoms with Crippen molar-refractivity contribution in [2.24, 2.45) is 0 Å². The highest BCUT2D eigenvalue weighted by molar-refractivity contribution is 4.40. The standard InChI is InChI=1S/C4H10O2.C2H6O2.C2H4/c1-4(6)2-3-5;3-1-2-4;1-2/h4-6H,2-3H2,1H3;3-4H,1-2H2;1-2H2. The minimum atomic E-state index is -0.352. The van der Waals surface area contributed by atoms with Crippen molar-refractivity contribution >= 4 is 0 Å². The topological polar surface area (TPSA) is 80.9 Å². The van der Waals surface area contributed by atoms with Crippen LogP contribution in [0.1, 0.15) is 13.3 Å². The molecule has 0 fully saturated rings. The van der Waals surface area contributed by atoms with Gasteiger partial charge in [-0.25, -0.2) is 0 Å². The van der Waals surface area contributed by atoms with E-state index >= 15 is 0 Å². The van der Waals surface area contributed by atoms with Gasteiger partial charge in [-0.3, -0.25) is 0 Å². The summed E-state index contributed by atoms with van der Waals surface area (Å²) in [5.41, 5.74) is 0. The summed E-state index contributed by atoms with van der Waals surface area (Å²) in [6, 6.07) is 0. The van der Waals surface area contributed by atoms with Gasteiger partial charge in [-0.2, -0.15) is 0 Å². The molecule has 0 saturated heterocycles. The van der Waals surface area contributed by atoms with Gasteiger partial charge in [0.05, 0.1) is 19.3 Å². The summed E-state index contributed by atoms with van der Waals surface area (Å²) >= 11 is 0. The van der Waals surface area contributed by atoms with Crippen LogP contribution in [0.25, 0.3) is 0 Å². The lowest BCUT2D eigenvalue weighted by molar-refractivity contribution is 0.148. The molecule has 4 heteroatoms. The van der Waals surface area contributed by atoms with Crippen LogP contribution in [0.15, 0.2) is 13.2 Å². The fraction of sp³-hybridized carbons (Fsp3) is 0.750. The minimum Gasteiger partial charge on any atom is -0.396 e. The van der Waals surface area contributed by atoms with Crippen LogP contribution >= 0.6 is 0 Å². The molecule has 4 N–H and O–H groups in total. The smallest absolute Gasteiger partial charge is 0.0662 e. The lowest BCUT2D eigenvalue weighted by Gasteiger charge is -1.95. The largest absolute Gasteiger partial charge is 0.396 e. The van der Waals surface area contributed by atoms with E-state index < -0.39 is 0 Å². The molecule has 0 bridgehead atoms. The monoisotopic (exact) mass is 180 g/mol. The first-order valence-electron chi connectivity index (χ1n) is 3.69. The Kier molecular flexibility index (Phi) is 32.9. The molecular formula is C8H20O4. The predicted octanol–water partition coefficient (Wildman–Crippen LogP) is -0.477. The summed E-state index contributed by atoms with van der Waals surface area (Å²) in [7, 11) is 0. The predicted molar refractivity (Wildman–Crippen MR) is 48.8 cm³/mol. The van der Waals surface area contributed by atoms with Gasteiger partial charge in [0.1, 0.15) is 0 Å². The van der Waals surface area contributed by atoms with Crippen molar-refractivity contribution in [3.63, 3.8) is 0 Å². The first-order chi connectivity index (χ1) is 5.68. The Morgan fingerprint density at radius 3 is 1.33 bits per heavy atom. The highest BCUT2D eigenvalue weighted by atomic mass is 16.3. The van der Waals surface area contributed by atoms with E-state index in [2.05, 4.69) is 13.2 Å². The maximum absolute atomic E-state index is 8.39. The van der Waals surface area contributed by atoms with Crippen LogP contribution < -0.4 is 0 Å². The summed E-state index contributed by atoms with van der Waals surface area (Å²) in [6.45, 7) is 7.48. The van der Waals surface area contributed by atoms with Gasteiger partial charge in [0.2, 0.25) is 0 Å². The molecule has 0 heterocycles. The van der Waals surface area contributed by atoms with Crippen molar-refractivity contribution in [3.05, 3.63) is 13.2 Å². The third-order valence-electron chi connectivity index (χ3n) is 0.647. The Bertz CT molecular complexity index is 55.0. The number of hydrogen-bond donors (Lipinski definition) is 4. The van der Waals surface area contributed by atoms with Gasteiger partial charge in [0.25, 0.3) is 0 Å². The highest BCUT2D eigenvalue weighted by Gasteiger charge is 1.88. The number of aliphatic hydroxyl groups is 4. The molecular weight excluding hydrogens is 160 g/mol. The number of hydrogen-bond acceptors (Lipinski definition) is 4. The summed E-state index contributed by atoms with van der Waals surface area (Å²) in [6.07, 6.45) is 0.134. The maximum Gasteiger partial charge on any atom is 0.0662 e. The van der Waals surface area contributed by atoms with E-state index in [9.17, 15) is 0 Å². The van der Waals surface area contributed by atoms with E-state index in [1.165, 1.54) is 0 Å². The fourth-order valence-corrected chi connectivity index (χ4v) is 0.187. The lowest BCUT2D eigenvalue weighted by Crippen LogP contribution is -2.00. The molecule has 0 saturated carbocycles. The van der Waals surface area contributed by atoms with Crippen molar-refractivity contribution < 1.29 is 20.4 Å². The average Bonchev–Trinajstić information content (AvgIpc) is 2.08. The van der Waals surface area contributed by atoms with Crippen LogP contribution in [0, 0.1) is 0 Å². The van der Waals surface area contributed by atoms with Crippen LogP contribution in [-0.2, 0) is 0 Å². The fourth-order valence-electron chi connectivity index (χ4n) is 0.187. The Morgan fingerprint density at radius 2 is 1.33 bits per heavy atom.